The van der Waals surface area contributed by atoms with Crippen molar-refractivity contribution in [2.45, 2.75) is 27.4 Å². The van der Waals surface area contributed by atoms with E-state index < -0.39 is 0 Å². The summed E-state index contributed by atoms with van der Waals surface area (Å²) in [6.45, 7) is 2.18. The zero-order valence-corrected chi connectivity index (χ0v) is 12.8. The fourth-order valence-electron chi connectivity index (χ4n) is 1.63. The molecule has 0 amide bonds. The van der Waals surface area contributed by atoms with Gasteiger partial charge < -0.3 is 0 Å². The van der Waals surface area contributed by atoms with Crippen molar-refractivity contribution in [1.29, 1.82) is 0 Å². The van der Waals surface area contributed by atoms with E-state index in [4.69, 9.17) is 0 Å². The molecule has 0 unspecified atom stereocenters. The van der Waals surface area contributed by atoms with Gasteiger partial charge in [0, 0.05) is 20.4 Å². The van der Waals surface area contributed by atoms with Gasteiger partial charge in [-0.15, -0.1) is 11.8 Å². The maximum atomic E-state index is 4.37. The maximum absolute atomic E-state index is 4.37. The van der Waals surface area contributed by atoms with Crippen molar-refractivity contribution >= 4 is 36.2 Å². The average molecular weight is 292 g/mol. The SMILES string of the molecule is CCSc1ccc(Sc2ccccc2CS)cc1. The first-order chi connectivity index (χ1) is 8.83. The van der Waals surface area contributed by atoms with E-state index in [1.165, 1.54) is 20.2 Å². The third kappa shape index (κ3) is 3.74. The number of hydrogen-bond donors (Lipinski definition) is 1. The summed E-state index contributed by atoms with van der Waals surface area (Å²) >= 11 is 8.06. The maximum Gasteiger partial charge on any atom is 0.0165 e. The van der Waals surface area contributed by atoms with Crippen LogP contribution in [0.2, 0.25) is 0 Å². The van der Waals surface area contributed by atoms with Gasteiger partial charge in [0.1, 0.15) is 0 Å². The van der Waals surface area contributed by atoms with Crippen LogP contribution >= 0.6 is 36.2 Å². The highest BCUT2D eigenvalue weighted by Gasteiger charge is 2.02. The third-order valence-electron chi connectivity index (χ3n) is 2.51. The fourth-order valence-corrected chi connectivity index (χ4v) is 3.62. The van der Waals surface area contributed by atoms with Crippen LogP contribution in [0.4, 0.5) is 0 Å². The highest BCUT2D eigenvalue weighted by atomic mass is 32.2. The van der Waals surface area contributed by atoms with Crippen LogP contribution in [-0.2, 0) is 5.75 Å². The average Bonchev–Trinajstić information content (AvgIpc) is 2.42. The molecular formula is C15H16S3. The molecule has 2 rings (SSSR count). The Balaban J connectivity index is 2.13. The van der Waals surface area contributed by atoms with Crippen LogP contribution in [0.3, 0.4) is 0 Å². The van der Waals surface area contributed by atoms with Crippen LogP contribution in [0, 0.1) is 0 Å². The highest BCUT2D eigenvalue weighted by Crippen LogP contribution is 2.32. The number of hydrogen-bond acceptors (Lipinski definition) is 3. The molecule has 0 spiro atoms. The molecule has 0 aliphatic rings. The Bertz CT molecular complexity index is 491. The quantitative estimate of drug-likeness (QED) is 0.580. The minimum atomic E-state index is 0.785. The monoisotopic (exact) mass is 292 g/mol. The molecule has 0 aliphatic carbocycles. The van der Waals surface area contributed by atoms with Crippen molar-refractivity contribution in [2.24, 2.45) is 0 Å². The summed E-state index contributed by atoms with van der Waals surface area (Å²) in [7, 11) is 0. The fraction of sp³-hybridized carbons (Fsp3) is 0.200. The van der Waals surface area contributed by atoms with E-state index in [1.54, 1.807) is 0 Å². The lowest BCUT2D eigenvalue weighted by Gasteiger charge is -2.07. The molecule has 0 N–H and O–H groups in total. The largest absolute Gasteiger partial charge is 0.175 e. The molecule has 0 bridgehead atoms. The smallest absolute Gasteiger partial charge is 0.0165 e. The Labute approximate surface area is 123 Å². The summed E-state index contributed by atoms with van der Waals surface area (Å²) in [4.78, 5) is 3.91. The van der Waals surface area contributed by atoms with Gasteiger partial charge in [-0.1, -0.05) is 36.9 Å². The zero-order chi connectivity index (χ0) is 12.8. The molecule has 0 radical (unpaired) electrons. The predicted molar refractivity (Wildman–Crippen MR) is 86.1 cm³/mol. The van der Waals surface area contributed by atoms with E-state index in [0.717, 1.165) is 11.5 Å². The first-order valence-electron chi connectivity index (χ1n) is 5.93. The Morgan fingerprint density at radius 3 is 2.28 bits per heavy atom. The molecule has 3 heteroatoms. The molecule has 18 heavy (non-hydrogen) atoms. The van der Waals surface area contributed by atoms with Crippen molar-refractivity contribution < 1.29 is 0 Å². The van der Waals surface area contributed by atoms with Crippen molar-refractivity contribution in [3.8, 4) is 0 Å². The summed E-state index contributed by atoms with van der Waals surface area (Å²) in [5, 5.41) is 0. The lowest BCUT2D eigenvalue weighted by atomic mass is 10.2. The Morgan fingerprint density at radius 2 is 1.61 bits per heavy atom. The Morgan fingerprint density at radius 1 is 0.944 bits per heavy atom. The summed E-state index contributed by atoms with van der Waals surface area (Å²) < 4.78 is 0. The van der Waals surface area contributed by atoms with Gasteiger partial charge in [0.15, 0.2) is 0 Å². The summed E-state index contributed by atoms with van der Waals surface area (Å²) in [6.07, 6.45) is 0. The van der Waals surface area contributed by atoms with Crippen LogP contribution in [0.1, 0.15) is 12.5 Å². The van der Waals surface area contributed by atoms with E-state index in [2.05, 4.69) is 68.1 Å². The number of benzene rings is 2. The molecule has 94 valence electrons. The lowest BCUT2D eigenvalue weighted by molar-refractivity contribution is 1.26. The first kappa shape index (κ1) is 13.9. The van der Waals surface area contributed by atoms with E-state index >= 15 is 0 Å². The topological polar surface area (TPSA) is 0 Å². The van der Waals surface area contributed by atoms with Crippen LogP contribution < -0.4 is 0 Å². The van der Waals surface area contributed by atoms with Crippen molar-refractivity contribution in [3.05, 3.63) is 54.1 Å². The van der Waals surface area contributed by atoms with E-state index in [1.807, 2.05) is 23.5 Å². The molecule has 0 nitrogen and oxygen atoms in total. The lowest BCUT2D eigenvalue weighted by Crippen LogP contribution is -1.83. The molecule has 2 aromatic rings. The van der Waals surface area contributed by atoms with Crippen molar-refractivity contribution in [1.82, 2.24) is 0 Å². The van der Waals surface area contributed by atoms with Gasteiger partial charge >= 0.3 is 0 Å². The molecule has 0 saturated heterocycles. The van der Waals surface area contributed by atoms with Crippen LogP contribution in [0.25, 0.3) is 0 Å². The Kier molecular flexibility index (Phi) is 5.54. The van der Waals surface area contributed by atoms with Gasteiger partial charge in [-0.05, 0) is 41.6 Å². The van der Waals surface area contributed by atoms with Gasteiger partial charge in [-0.25, -0.2) is 0 Å². The molecule has 0 aromatic heterocycles. The summed E-state index contributed by atoms with van der Waals surface area (Å²) in [6, 6.07) is 17.2. The second-order valence-electron chi connectivity index (χ2n) is 3.77. The second kappa shape index (κ2) is 7.17. The number of rotatable bonds is 5. The molecule has 0 fully saturated rings. The Hall–Kier alpha value is -0.510. The van der Waals surface area contributed by atoms with E-state index in [9.17, 15) is 0 Å². The second-order valence-corrected chi connectivity index (χ2v) is 6.54. The van der Waals surface area contributed by atoms with Crippen LogP contribution in [0.15, 0.2) is 63.2 Å². The normalized spacial score (nSPS) is 10.6. The molecule has 0 aliphatic heterocycles. The predicted octanol–water partition coefficient (Wildman–Crippen LogP) is 5.38. The number of thiol groups is 1. The van der Waals surface area contributed by atoms with E-state index in [0.29, 0.717) is 0 Å². The standard InChI is InChI=1S/C15H16S3/c1-2-17-13-7-9-14(10-8-13)18-15-6-4-3-5-12(15)11-16/h3-10,16H,2,11H2,1H3. The zero-order valence-electron chi connectivity index (χ0n) is 10.3. The minimum Gasteiger partial charge on any atom is -0.175 e. The van der Waals surface area contributed by atoms with Gasteiger partial charge in [-0.3, -0.25) is 0 Å². The minimum absolute atomic E-state index is 0.785. The molecule has 0 atom stereocenters. The third-order valence-corrected chi connectivity index (χ3v) is 4.87. The highest BCUT2D eigenvalue weighted by molar-refractivity contribution is 7.99. The molecule has 0 heterocycles. The molecule has 0 saturated carbocycles. The van der Waals surface area contributed by atoms with Gasteiger partial charge in [0.2, 0.25) is 0 Å². The summed E-state index contributed by atoms with van der Waals surface area (Å²) in [5.41, 5.74) is 1.29. The summed E-state index contributed by atoms with van der Waals surface area (Å²) in [5.74, 6) is 1.90. The van der Waals surface area contributed by atoms with Gasteiger partial charge in [-0.2, -0.15) is 12.6 Å². The van der Waals surface area contributed by atoms with Gasteiger partial charge in [0.05, 0.1) is 0 Å². The molecule has 2 aromatic carbocycles. The van der Waals surface area contributed by atoms with Crippen molar-refractivity contribution in [3.63, 3.8) is 0 Å². The number of thioether (sulfide) groups is 1. The molecular weight excluding hydrogens is 276 g/mol. The van der Waals surface area contributed by atoms with E-state index in [-0.39, 0.29) is 0 Å². The first-order valence-corrected chi connectivity index (χ1v) is 8.36. The van der Waals surface area contributed by atoms with Crippen LogP contribution in [0.5, 0.6) is 0 Å². The van der Waals surface area contributed by atoms with Crippen LogP contribution in [-0.4, -0.2) is 5.75 Å². The van der Waals surface area contributed by atoms with Crippen molar-refractivity contribution in [2.75, 3.05) is 5.75 Å². The van der Waals surface area contributed by atoms with Gasteiger partial charge in [0.25, 0.3) is 0 Å².